The number of primary sulfonamides is 1. The van der Waals surface area contributed by atoms with E-state index in [0.29, 0.717) is 16.2 Å². The van der Waals surface area contributed by atoms with Crippen LogP contribution in [-0.4, -0.2) is 43.8 Å². The standard InChI is InChI=1S/C21H22F2N4O4S/c22-16-6-5-14(11-19(16)32(24,30)31)13-25-20(29)26-9-7-21(8-10-26)12-18(28)15-3-1-2-4-17(15)27(21)23/h1-6,11H,7-10,12-13H2,(H,25,29)(H2,24,30,31). The summed E-state index contributed by atoms with van der Waals surface area (Å²) in [5.41, 5.74) is -0.00642. The number of ketones is 1. The van der Waals surface area contributed by atoms with Gasteiger partial charge in [-0.2, -0.15) is 0 Å². The number of urea groups is 1. The molecule has 4 rings (SSSR count). The van der Waals surface area contributed by atoms with Gasteiger partial charge >= 0.3 is 6.03 Å². The summed E-state index contributed by atoms with van der Waals surface area (Å²) >= 11 is 0. The van der Waals surface area contributed by atoms with E-state index in [9.17, 15) is 22.4 Å². The molecule has 0 bridgehead atoms. The second kappa shape index (κ2) is 8.14. The zero-order valence-corrected chi connectivity index (χ0v) is 17.9. The van der Waals surface area contributed by atoms with Crippen molar-refractivity contribution in [3.63, 3.8) is 0 Å². The molecule has 0 unspecified atom stereocenters. The number of para-hydroxylation sites is 1. The predicted molar refractivity (Wildman–Crippen MR) is 113 cm³/mol. The number of amides is 2. The van der Waals surface area contributed by atoms with Gasteiger partial charge in [0.15, 0.2) is 5.78 Å². The summed E-state index contributed by atoms with van der Waals surface area (Å²) < 4.78 is 51.8. The molecule has 0 radical (unpaired) electrons. The van der Waals surface area contributed by atoms with Crippen LogP contribution in [-0.2, 0) is 16.6 Å². The summed E-state index contributed by atoms with van der Waals surface area (Å²) in [4.78, 5) is 26.0. The van der Waals surface area contributed by atoms with Crippen molar-refractivity contribution in [2.24, 2.45) is 5.14 Å². The van der Waals surface area contributed by atoms with Gasteiger partial charge in [0.2, 0.25) is 10.0 Å². The fourth-order valence-electron chi connectivity index (χ4n) is 4.26. The second-order valence-electron chi connectivity index (χ2n) is 8.08. The Balaban J connectivity index is 1.39. The maximum Gasteiger partial charge on any atom is 0.317 e. The Morgan fingerprint density at radius 2 is 1.84 bits per heavy atom. The number of likely N-dealkylation sites (tertiary alicyclic amines) is 1. The van der Waals surface area contributed by atoms with Crippen molar-refractivity contribution in [1.82, 2.24) is 10.2 Å². The van der Waals surface area contributed by atoms with E-state index in [0.717, 1.165) is 12.1 Å². The highest BCUT2D eigenvalue weighted by Gasteiger charge is 2.47. The molecule has 2 aliphatic rings. The van der Waals surface area contributed by atoms with Gasteiger partial charge in [0.1, 0.15) is 10.7 Å². The summed E-state index contributed by atoms with van der Waals surface area (Å²) in [6, 6.07) is 9.53. The van der Waals surface area contributed by atoms with Crippen LogP contribution in [0, 0.1) is 5.82 Å². The molecule has 0 atom stereocenters. The van der Waals surface area contributed by atoms with E-state index in [1.54, 1.807) is 24.3 Å². The number of rotatable bonds is 3. The molecule has 2 heterocycles. The molecule has 3 N–H and O–H groups in total. The smallest absolute Gasteiger partial charge is 0.317 e. The molecule has 0 aromatic heterocycles. The molecule has 1 saturated heterocycles. The number of benzene rings is 2. The minimum Gasteiger partial charge on any atom is -0.334 e. The molecular weight excluding hydrogens is 442 g/mol. The number of hydrogen-bond donors (Lipinski definition) is 2. The molecule has 2 aromatic carbocycles. The number of fused-ring (bicyclic) bond motifs is 1. The minimum atomic E-state index is -4.23. The molecule has 11 heteroatoms. The highest BCUT2D eigenvalue weighted by molar-refractivity contribution is 7.89. The Morgan fingerprint density at radius 1 is 1.16 bits per heavy atom. The van der Waals surface area contributed by atoms with Crippen LogP contribution in [0.15, 0.2) is 47.4 Å². The van der Waals surface area contributed by atoms with E-state index in [4.69, 9.17) is 5.14 Å². The molecule has 32 heavy (non-hydrogen) atoms. The first kappa shape index (κ1) is 22.2. The first-order valence-electron chi connectivity index (χ1n) is 10.0. The van der Waals surface area contributed by atoms with Gasteiger partial charge in [-0.05, 0) is 42.7 Å². The summed E-state index contributed by atoms with van der Waals surface area (Å²) in [6.07, 6.45) is 0.605. The van der Waals surface area contributed by atoms with Gasteiger partial charge in [0.05, 0.1) is 11.2 Å². The third-order valence-corrected chi connectivity index (χ3v) is 6.98. The molecular formula is C21H22F2N4O4S. The quantitative estimate of drug-likeness (QED) is 0.678. The fourth-order valence-corrected chi connectivity index (χ4v) is 4.92. The number of hydrogen-bond acceptors (Lipinski definition) is 5. The molecule has 2 aromatic rings. The number of Topliss-reactive ketones (excluding diaryl/α,β-unsaturated/α-hetero) is 1. The zero-order valence-electron chi connectivity index (χ0n) is 17.1. The normalized spacial score (nSPS) is 17.9. The average Bonchev–Trinajstić information content (AvgIpc) is 2.76. The van der Waals surface area contributed by atoms with Gasteiger partial charge in [-0.1, -0.05) is 22.7 Å². The number of nitrogens with two attached hydrogens (primary N) is 1. The van der Waals surface area contributed by atoms with E-state index in [-0.39, 0.29) is 50.4 Å². The van der Waals surface area contributed by atoms with Crippen molar-refractivity contribution in [1.29, 1.82) is 0 Å². The molecule has 8 nitrogen and oxygen atoms in total. The second-order valence-corrected chi connectivity index (χ2v) is 9.61. The molecule has 170 valence electrons. The van der Waals surface area contributed by atoms with Gasteiger partial charge in [-0.25, -0.2) is 27.9 Å². The van der Waals surface area contributed by atoms with Crippen LogP contribution in [0.5, 0.6) is 0 Å². The van der Waals surface area contributed by atoms with Gasteiger partial charge in [-0.3, -0.25) is 4.79 Å². The largest absolute Gasteiger partial charge is 0.334 e. The topological polar surface area (TPSA) is 113 Å². The number of carbonyl (C=O) groups is 2. The van der Waals surface area contributed by atoms with Crippen LogP contribution >= 0.6 is 0 Å². The summed E-state index contributed by atoms with van der Waals surface area (Å²) in [6.45, 7) is 0.450. The summed E-state index contributed by atoms with van der Waals surface area (Å²) in [5.74, 6) is -1.09. The SMILES string of the molecule is NS(=O)(=O)c1cc(CNC(=O)N2CCC3(CC2)CC(=O)c2ccccc2N3F)ccc1F. The Hall–Kier alpha value is -3.05. The van der Waals surface area contributed by atoms with Gasteiger partial charge in [0.25, 0.3) is 0 Å². The number of nitrogens with one attached hydrogen (secondary N) is 1. The zero-order chi connectivity index (χ0) is 23.1. The van der Waals surface area contributed by atoms with E-state index < -0.39 is 32.3 Å². The van der Waals surface area contributed by atoms with Crippen molar-refractivity contribution >= 4 is 27.5 Å². The van der Waals surface area contributed by atoms with Crippen molar-refractivity contribution in [2.75, 3.05) is 18.2 Å². The Bertz CT molecular complexity index is 1180. The third kappa shape index (κ3) is 4.05. The fraction of sp³-hybridized carbons (Fsp3) is 0.333. The van der Waals surface area contributed by atoms with Gasteiger partial charge in [-0.15, -0.1) is 0 Å². The Kier molecular flexibility index (Phi) is 5.63. The lowest BCUT2D eigenvalue weighted by Crippen LogP contribution is -2.57. The van der Waals surface area contributed by atoms with Crippen LogP contribution in [0.3, 0.4) is 0 Å². The van der Waals surface area contributed by atoms with Crippen LogP contribution in [0.4, 0.5) is 19.4 Å². The van der Waals surface area contributed by atoms with Crippen molar-refractivity contribution in [3.05, 3.63) is 59.4 Å². The maximum atomic E-state index is 15.2. The number of sulfonamides is 1. The Morgan fingerprint density at radius 3 is 2.53 bits per heavy atom. The highest BCUT2D eigenvalue weighted by atomic mass is 32.2. The summed E-state index contributed by atoms with van der Waals surface area (Å²) in [7, 11) is -4.23. The van der Waals surface area contributed by atoms with Crippen LogP contribution < -0.4 is 15.6 Å². The number of piperidine rings is 1. The Labute approximate surface area is 184 Å². The van der Waals surface area contributed by atoms with Crippen molar-refractivity contribution in [3.8, 4) is 0 Å². The van der Waals surface area contributed by atoms with E-state index >= 15 is 4.48 Å². The number of halogens is 2. The summed E-state index contributed by atoms with van der Waals surface area (Å²) in [5, 5.41) is 8.32. The lowest BCUT2D eigenvalue weighted by Gasteiger charge is -2.47. The number of carbonyl (C=O) groups excluding carboxylic acids is 2. The third-order valence-electron chi connectivity index (χ3n) is 6.05. The lowest BCUT2D eigenvalue weighted by molar-refractivity contribution is 0.0805. The van der Waals surface area contributed by atoms with Gasteiger partial charge in [0, 0.05) is 31.6 Å². The van der Waals surface area contributed by atoms with E-state index in [2.05, 4.69) is 5.32 Å². The minimum absolute atomic E-state index is 0.0373. The molecule has 2 amide bonds. The molecule has 1 fully saturated rings. The maximum absolute atomic E-state index is 15.2. The monoisotopic (exact) mass is 464 g/mol. The van der Waals surface area contributed by atoms with Crippen molar-refractivity contribution in [2.45, 2.75) is 36.2 Å². The molecule has 1 spiro atoms. The number of anilines is 1. The first-order valence-corrected chi connectivity index (χ1v) is 11.6. The first-order chi connectivity index (χ1) is 15.1. The van der Waals surface area contributed by atoms with E-state index in [1.165, 1.54) is 11.0 Å². The van der Waals surface area contributed by atoms with Crippen LogP contribution in [0.2, 0.25) is 0 Å². The van der Waals surface area contributed by atoms with Gasteiger partial charge < -0.3 is 10.2 Å². The van der Waals surface area contributed by atoms with Crippen molar-refractivity contribution < 1.29 is 26.9 Å². The van der Waals surface area contributed by atoms with Crippen LogP contribution in [0.1, 0.15) is 35.2 Å². The average molecular weight is 464 g/mol. The molecule has 0 aliphatic carbocycles. The van der Waals surface area contributed by atoms with Crippen LogP contribution in [0.25, 0.3) is 0 Å². The van der Waals surface area contributed by atoms with E-state index in [1.807, 2.05) is 0 Å². The molecule has 0 saturated carbocycles. The lowest BCUT2D eigenvalue weighted by atomic mass is 9.78. The molecule has 2 aliphatic heterocycles. The predicted octanol–water partition coefficient (Wildman–Crippen LogP) is 2.49. The number of nitrogens with zero attached hydrogens (tertiary/aromatic N) is 2. The highest BCUT2D eigenvalue weighted by Crippen LogP contribution is 2.43.